The lowest BCUT2D eigenvalue weighted by molar-refractivity contribution is -0.131. The molecule has 0 spiro atoms. The summed E-state index contributed by atoms with van der Waals surface area (Å²) in [6.07, 6.45) is 4.19. The van der Waals surface area contributed by atoms with Gasteiger partial charge in [-0.25, -0.2) is 0 Å². The monoisotopic (exact) mass is 260 g/mol. The van der Waals surface area contributed by atoms with E-state index in [1.54, 1.807) is 0 Å². The lowest BCUT2D eigenvalue weighted by atomic mass is 10.0. The van der Waals surface area contributed by atoms with Crippen LogP contribution in [0.3, 0.4) is 0 Å². The minimum Gasteiger partial charge on any atom is -0.341 e. The van der Waals surface area contributed by atoms with Crippen LogP contribution in [0.5, 0.6) is 0 Å². The number of hydrogen-bond donors (Lipinski definition) is 1. The fourth-order valence-corrected chi connectivity index (χ4v) is 2.87. The number of carbonyl (C=O) groups excluding carboxylic acids is 1. The smallest absolute Gasteiger partial charge is 0.239 e. The average Bonchev–Trinajstić information content (AvgIpc) is 2.88. The molecular formula is C16H24N2O. The molecule has 0 bridgehead atoms. The van der Waals surface area contributed by atoms with Gasteiger partial charge in [-0.2, -0.15) is 0 Å². The van der Waals surface area contributed by atoms with Gasteiger partial charge in [-0.05, 0) is 30.7 Å². The van der Waals surface area contributed by atoms with E-state index in [1.807, 2.05) is 35.2 Å². The fourth-order valence-electron chi connectivity index (χ4n) is 2.87. The predicted molar refractivity (Wildman–Crippen MR) is 77.7 cm³/mol. The lowest BCUT2D eigenvalue weighted by Gasteiger charge is -2.21. The Morgan fingerprint density at radius 3 is 2.84 bits per heavy atom. The highest BCUT2D eigenvalue weighted by Gasteiger charge is 2.28. The van der Waals surface area contributed by atoms with Gasteiger partial charge in [0.05, 0.1) is 6.04 Å². The van der Waals surface area contributed by atoms with Crippen molar-refractivity contribution in [1.82, 2.24) is 4.90 Å². The first-order chi connectivity index (χ1) is 9.20. The maximum absolute atomic E-state index is 12.3. The summed E-state index contributed by atoms with van der Waals surface area (Å²) in [6, 6.07) is 9.60. The number of amides is 1. The molecule has 1 unspecified atom stereocenters. The zero-order chi connectivity index (χ0) is 13.7. The van der Waals surface area contributed by atoms with Crippen molar-refractivity contribution in [2.45, 2.75) is 38.6 Å². The molecule has 0 saturated carbocycles. The minimum absolute atomic E-state index is 0.113. The molecule has 1 aliphatic rings. The van der Waals surface area contributed by atoms with Crippen molar-refractivity contribution in [2.75, 3.05) is 13.1 Å². The summed E-state index contributed by atoms with van der Waals surface area (Å²) in [4.78, 5) is 14.3. The molecule has 1 amide bonds. The fraction of sp³-hybridized carbons (Fsp3) is 0.562. The van der Waals surface area contributed by atoms with E-state index in [4.69, 9.17) is 5.73 Å². The second kappa shape index (κ2) is 6.71. The molecule has 1 saturated heterocycles. The van der Waals surface area contributed by atoms with E-state index in [1.165, 1.54) is 12.8 Å². The average molecular weight is 260 g/mol. The Labute approximate surface area is 115 Å². The lowest BCUT2D eigenvalue weighted by Crippen LogP contribution is -2.43. The third kappa shape index (κ3) is 3.80. The van der Waals surface area contributed by atoms with Gasteiger partial charge in [-0.15, -0.1) is 0 Å². The van der Waals surface area contributed by atoms with Gasteiger partial charge >= 0.3 is 0 Å². The van der Waals surface area contributed by atoms with Crippen molar-refractivity contribution >= 4 is 5.91 Å². The first-order valence-electron chi connectivity index (χ1n) is 7.29. The molecule has 1 heterocycles. The summed E-state index contributed by atoms with van der Waals surface area (Å²) in [7, 11) is 0. The van der Waals surface area contributed by atoms with E-state index in [0.717, 1.165) is 25.1 Å². The van der Waals surface area contributed by atoms with Crippen molar-refractivity contribution in [3.05, 3.63) is 35.9 Å². The quantitative estimate of drug-likeness (QED) is 0.882. The van der Waals surface area contributed by atoms with Crippen molar-refractivity contribution < 1.29 is 4.79 Å². The zero-order valence-corrected chi connectivity index (χ0v) is 11.7. The number of likely N-dealkylation sites (tertiary alicyclic amines) is 1. The largest absolute Gasteiger partial charge is 0.341 e. The molecule has 104 valence electrons. The van der Waals surface area contributed by atoms with Crippen LogP contribution in [0, 0.1) is 5.92 Å². The van der Waals surface area contributed by atoms with Crippen LogP contribution in [-0.4, -0.2) is 29.9 Å². The standard InChI is InChI=1S/C16H24N2O/c1-2-6-14-9-10-18(12-14)16(19)15(17)11-13-7-4-3-5-8-13/h3-5,7-8,14-15H,2,6,9-12,17H2,1H3/t14?,15-/m0/s1. The third-order valence-corrected chi connectivity index (χ3v) is 3.91. The maximum atomic E-state index is 12.3. The van der Waals surface area contributed by atoms with E-state index in [9.17, 15) is 4.79 Å². The highest BCUT2D eigenvalue weighted by Crippen LogP contribution is 2.21. The summed E-state index contributed by atoms with van der Waals surface area (Å²) in [6.45, 7) is 3.98. The Morgan fingerprint density at radius 1 is 1.42 bits per heavy atom. The van der Waals surface area contributed by atoms with Gasteiger partial charge < -0.3 is 10.6 Å². The second-order valence-corrected chi connectivity index (χ2v) is 5.52. The van der Waals surface area contributed by atoms with E-state index >= 15 is 0 Å². The Kier molecular flexibility index (Phi) is 4.97. The normalized spacial score (nSPS) is 20.5. The molecule has 1 fully saturated rings. The van der Waals surface area contributed by atoms with Crippen LogP contribution in [0.1, 0.15) is 31.7 Å². The minimum atomic E-state index is -0.400. The van der Waals surface area contributed by atoms with Gasteiger partial charge in [0.2, 0.25) is 5.91 Å². The van der Waals surface area contributed by atoms with Crippen LogP contribution >= 0.6 is 0 Å². The van der Waals surface area contributed by atoms with Crippen molar-refractivity contribution in [2.24, 2.45) is 11.7 Å². The Balaban J connectivity index is 1.86. The van der Waals surface area contributed by atoms with E-state index in [0.29, 0.717) is 12.3 Å². The van der Waals surface area contributed by atoms with Gasteiger partial charge in [0.1, 0.15) is 0 Å². The molecule has 19 heavy (non-hydrogen) atoms. The molecule has 1 aliphatic heterocycles. The molecule has 3 heteroatoms. The van der Waals surface area contributed by atoms with Crippen LogP contribution in [0.15, 0.2) is 30.3 Å². The van der Waals surface area contributed by atoms with Gasteiger partial charge in [0.25, 0.3) is 0 Å². The second-order valence-electron chi connectivity index (χ2n) is 5.52. The van der Waals surface area contributed by atoms with Gasteiger partial charge in [-0.1, -0.05) is 43.7 Å². The molecule has 2 atom stereocenters. The summed E-state index contributed by atoms with van der Waals surface area (Å²) < 4.78 is 0. The third-order valence-electron chi connectivity index (χ3n) is 3.91. The molecule has 0 aliphatic carbocycles. The van der Waals surface area contributed by atoms with Crippen LogP contribution < -0.4 is 5.73 Å². The summed E-state index contributed by atoms with van der Waals surface area (Å²) in [5, 5.41) is 0. The summed E-state index contributed by atoms with van der Waals surface area (Å²) in [5.74, 6) is 0.792. The Hall–Kier alpha value is -1.35. The van der Waals surface area contributed by atoms with Crippen LogP contribution in [0.25, 0.3) is 0 Å². The molecule has 2 rings (SSSR count). The van der Waals surface area contributed by atoms with Crippen LogP contribution in [0.2, 0.25) is 0 Å². The maximum Gasteiger partial charge on any atom is 0.239 e. The Bertz CT molecular complexity index is 404. The molecule has 0 aromatic heterocycles. The number of nitrogens with zero attached hydrogens (tertiary/aromatic N) is 1. The molecular weight excluding hydrogens is 236 g/mol. The van der Waals surface area contributed by atoms with Gasteiger partial charge in [0, 0.05) is 13.1 Å². The molecule has 3 nitrogen and oxygen atoms in total. The van der Waals surface area contributed by atoms with E-state index in [2.05, 4.69) is 6.92 Å². The predicted octanol–water partition coefficient (Wildman–Crippen LogP) is 2.21. The summed E-state index contributed by atoms with van der Waals surface area (Å²) in [5.41, 5.74) is 7.19. The van der Waals surface area contributed by atoms with E-state index in [-0.39, 0.29) is 5.91 Å². The Morgan fingerprint density at radius 2 is 2.16 bits per heavy atom. The summed E-state index contributed by atoms with van der Waals surface area (Å²) >= 11 is 0. The SMILES string of the molecule is CCCC1CCN(C(=O)[C@@H](N)Cc2ccccc2)C1. The number of benzene rings is 1. The van der Waals surface area contributed by atoms with Gasteiger partial charge in [-0.3, -0.25) is 4.79 Å². The molecule has 1 aromatic carbocycles. The molecule has 1 aromatic rings. The van der Waals surface area contributed by atoms with Crippen molar-refractivity contribution in [3.63, 3.8) is 0 Å². The molecule has 2 N–H and O–H groups in total. The van der Waals surface area contributed by atoms with Crippen molar-refractivity contribution in [1.29, 1.82) is 0 Å². The first kappa shape index (κ1) is 14.1. The van der Waals surface area contributed by atoms with Crippen LogP contribution in [0.4, 0.5) is 0 Å². The highest BCUT2D eigenvalue weighted by molar-refractivity contribution is 5.82. The number of hydrogen-bond acceptors (Lipinski definition) is 2. The van der Waals surface area contributed by atoms with Crippen molar-refractivity contribution in [3.8, 4) is 0 Å². The number of nitrogens with two attached hydrogens (primary N) is 1. The van der Waals surface area contributed by atoms with Crippen LogP contribution in [-0.2, 0) is 11.2 Å². The number of carbonyl (C=O) groups is 1. The molecule has 0 radical (unpaired) electrons. The van der Waals surface area contributed by atoms with E-state index < -0.39 is 6.04 Å². The number of rotatable bonds is 5. The van der Waals surface area contributed by atoms with Gasteiger partial charge in [0.15, 0.2) is 0 Å². The topological polar surface area (TPSA) is 46.3 Å². The zero-order valence-electron chi connectivity index (χ0n) is 11.7. The highest BCUT2D eigenvalue weighted by atomic mass is 16.2. The first-order valence-corrected chi connectivity index (χ1v) is 7.29.